The van der Waals surface area contributed by atoms with Gasteiger partial charge in [0.1, 0.15) is 0 Å². The molecule has 0 aliphatic carbocycles. The van der Waals surface area contributed by atoms with E-state index in [2.05, 4.69) is 0 Å². The van der Waals surface area contributed by atoms with Crippen molar-refractivity contribution in [3.05, 3.63) is 0 Å². The summed E-state index contributed by atoms with van der Waals surface area (Å²) in [6.07, 6.45) is 0.557. The van der Waals surface area contributed by atoms with Crippen molar-refractivity contribution in [3.63, 3.8) is 0 Å². The zero-order chi connectivity index (χ0) is 7.98. The molecule has 2 nitrogen and oxygen atoms in total. The third-order valence-electron chi connectivity index (χ3n) is 0.845. The third kappa shape index (κ3) is 6.11. The monoisotopic (exact) mass is 210 g/mol. The van der Waals surface area contributed by atoms with E-state index in [9.17, 15) is 4.79 Å². The van der Waals surface area contributed by atoms with Crippen LogP contribution in [0.4, 0.5) is 0 Å². The van der Waals surface area contributed by atoms with E-state index in [1.807, 2.05) is 20.8 Å². The van der Waals surface area contributed by atoms with E-state index in [0.717, 1.165) is 5.32 Å². The molecule has 0 spiro atoms. The summed E-state index contributed by atoms with van der Waals surface area (Å²) in [4.78, 5) is 10.8. The van der Waals surface area contributed by atoms with Crippen molar-refractivity contribution in [2.45, 2.75) is 32.5 Å². The van der Waals surface area contributed by atoms with Crippen LogP contribution in [0.3, 0.4) is 0 Å². The van der Waals surface area contributed by atoms with Crippen LogP contribution in [0.1, 0.15) is 27.2 Å². The van der Waals surface area contributed by atoms with Crippen molar-refractivity contribution >= 4 is 21.3 Å². The molecule has 3 heteroatoms. The Labute approximate surface area is 68.8 Å². The normalized spacial score (nSPS) is 10.0. The summed E-state index contributed by atoms with van der Waals surface area (Å²) in [6.45, 7) is 6.04. The molecule has 0 atom stereocenters. The fourth-order valence-electron chi connectivity index (χ4n) is 0.492. The van der Waals surface area contributed by atoms with Crippen molar-refractivity contribution < 1.29 is 8.61 Å². The van der Waals surface area contributed by atoms with Gasteiger partial charge in [-0.2, -0.15) is 0 Å². The van der Waals surface area contributed by atoms with Crippen LogP contribution in [0, 0.1) is 5.92 Å². The summed E-state index contributed by atoms with van der Waals surface area (Å²) in [5.74, 6) is 0.372. The number of hydrogen-bond donors (Lipinski definition) is 0. The summed E-state index contributed by atoms with van der Waals surface area (Å²) in [6, 6.07) is 0. The molecule has 0 N–H and O–H groups in total. The molecule has 0 rings (SSSR count). The molecular formula is C7H14O2Se. The van der Waals surface area contributed by atoms with E-state index in [0.29, 0.717) is 12.3 Å². The molecule has 0 unspecified atom stereocenters. The molecule has 0 heterocycles. The van der Waals surface area contributed by atoms with Crippen LogP contribution in [0.2, 0.25) is 5.32 Å². The quantitative estimate of drug-likeness (QED) is 0.658. The Hall–Kier alpha value is -0.0105. The summed E-state index contributed by atoms with van der Waals surface area (Å²) in [7, 11) is 0. The summed E-state index contributed by atoms with van der Waals surface area (Å²) >= 11 is 0.0754. The van der Waals surface area contributed by atoms with E-state index in [4.69, 9.17) is 3.82 Å². The Morgan fingerprint density at radius 2 is 2.20 bits per heavy atom. The molecule has 0 fully saturated rings. The minimum atomic E-state index is -0.0446. The topological polar surface area (TPSA) is 26.3 Å². The van der Waals surface area contributed by atoms with Gasteiger partial charge < -0.3 is 0 Å². The predicted molar refractivity (Wildman–Crippen MR) is 41.8 cm³/mol. The number of rotatable bonds is 4. The van der Waals surface area contributed by atoms with Crippen molar-refractivity contribution in [1.29, 1.82) is 0 Å². The van der Waals surface area contributed by atoms with Gasteiger partial charge in [-0.1, -0.05) is 0 Å². The fourth-order valence-corrected chi connectivity index (χ4v) is 1.16. The van der Waals surface area contributed by atoms with Gasteiger partial charge in [-0.15, -0.1) is 0 Å². The van der Waals surface area contributed by atoms with Gasteiger partial charge in [0.15, 0.2) is 0 Å². The first-order valence-electron chi connectivity index (χ1n) is 3.49. The Bertz CT molecular complexity index is 102. The van der Waals surface area contributed by atoms with Crippen LogP contribution in [-0.4, -0.2) is 21.3 Å². The molecule has 0 aromatic heterocycles. The van der Waals surface area contributed by atoms with Crippen LogP contribution in [-0.2, 0) is 8.61 Å². The number of carbonyl (C=O) groups is 1. The van der Waals surface area contributed by atoms with Crippen molar-refractivity contribution in [2.75, 3.05) is 0 Å². The molecule has 0 amide bonds. The number of carbonyl (C=O) groups excluding carboxylic acids is 1. The second-order valence-electron chi connectivity index (χ2n) is 2.46. The van der Waals surface area contributed by atoms with E-state index in [-0.39, 0.29) is 21.3 Å². The van der Waals surface area contributed by atoms with Crippen LogP contribution in [0.5, 0.6) is 0 Å². The molecule has 60 valence electrons. The molecule has 0 aromatic carbocycles. The first kappa shape index (κ1) is 9.99. The van der Waals surface area contributed by atoms with Crippen LogP contribution >= 0.6 is 0 Å². The first-order valence-corrected chi connectivity index (χ1v) is 5.40. The maximum atomic E-state index is 10.8. The SMILES string of the molecule is CC[Se]OC(=O)CC(C)C. The van der Waals surface area contributed by atoms with Crippen LogP contribution < -0.4 is 0 Å². The second kappa shape index (κ2) is 5.75. The Kier molecular flexibility index (Phi) is 5.74. The van der Waals surface area contributed by atoms with Gasteiger partial charge in [-0.3, -0.25) is 0 Å². The Morgan fingerprint density at radius 1 is 1.60 bits per heavy atom. The van der Waals surface area contributed by atoms with Gasteiger partial charge in [0.05, 0.1) is 0 Å². The van der Waals surface area contributed by atoms with Crippen molar-refractivity contribution in [1.82, 2.24) is 0 Å². The summed E-state index contributed by atoms with van der Waals surface area (Å²) in [5, 5.41) is 0.969. The van der Waals surface area contributed by atoms with Crippen LogP contribution in [0.25, 0.3) is 0 Å². The van der Waals surface area contributed by atoms with Gasteiger partial charge >= 0.3 is 68.3 Å². The molecular weight excluding hydrogens is 195 g/mol. The molecule has 0 aliphatic rings. The fraction of sp³-hybridized carbons (Fsp3) is 0.857. The standard InChI is InChI=1S/C7H14O2Se/c1-4-10-9-7(8)5-6(2)3/h6H,4-5H2,1-3H3. The maximum absolute atomic E-state index is 10.8. The Morgan fingerprint density at radius 3 is 2.60 bits per heavy atom. The Balaban J connectivity index is 3.26. The zero-order valence-corrected chi connectivity index (χ0v) is 8.43. The van der Waals surface area contributed by atoms with E-state index >= 15 is 0 Å². The van der Waals surface area contributed by atoms with Gasteiger partial charge in [-0.25, -0.2) is 0 Å². The number of hydrogen-bond acceptors (Lipinski definition) is 2. The predicted octanol–water partition coefficient (Wildman–Crippen LogP) is 1.63. The average Bonchev–Trinajstić information content (AvgIpc) is 1.82. The molecule has 0 saturated carbocycles. The van der Waals surface area contributed by atoms with Crippen molar-refractivity contribution in [2.24, 2.45) is 5.92 Å². The molecule has 0 saturated heterocycles. The molecule has 10 heavy (non-hydrogen) atoms. The molecule has 0 radical (unpaired) electrons. The molecule has 0 aliphatic heterocycles. The third-order valence-corrected chi connectivity index (χ3v) is 1.98. The summed E-state index contributed by atoms with van der Waals surface area (Å²) in [5.41, 5.74) is 0. The van der Waals surface area contributed by atoms with E-state index in [1.165, 1.54) is 0 Å². The van der Waals surface area contributed by atoms with Gasteiger partial charge in [0.25, 0.3) is 0 Å². The van der Waals surface area contributed by atoms with E-state index in [1.54, 1.807) is 0 Å². The van der Waals surface area contributed by atoms with Crippen molar-refractivity contribution in [3.8, 4) is 0 Å². The second-order valence-corrected chi connectivity index (χ2v) is 4.52. The van der Waals surface area contributed by atoms with E-state index < -0.39 is 0 Å². The molecule has 0 aromatic rings. The van der Waals surface area contributed by atoms with Gasteiger partial charge in [0.2, 0.25) is 0 Å². The zero-order valence-electron chi connectivity index (χ0n) is 6.72. The molecule has 0 bridgehead atoms. The minimum absolute atomic E-state index is 0.0446. The van der Waals surface area contributed by atoms with Crippen LogP contribution in [0.15, 0.2) is 0 Å². The van der Waals surface area contributed by atoms with Gasteiger partial charge in [-0.05, 0) is 0 Å². The first-order chi connectivity index (χ1) is 4.66. The summed E-state index contributed by atoms with van der Waals surface area (Å²) < 4.78 is 4.93. The van der Waals surface area contributed by atoms with Gasteiger partial charge in [0, 0.05) is 0 Å². The average molecular weight is 209 g/mol.